The van der Waals surface area contributed by atoms with Crippen LogP contribution < -0.4 is 0 Å². The van der Waals surface area contributed by atoms with Crippen molar-refractivity contribution in [2.45, 2.75) is 25.6 Å². The molecule has 0 aromatic heterocycles. The van der Waals surface area contributed by atoms with Crippen LogP contribution in [0.25, 0.3) is 0 Å². The quantitative estimate of drug-likeness (QED) is 0.837. The summed E-state index contributed by atoms with van der Waals surface area (Å²) in [6, 6.07) is 9.50. The number of nitrogens with zero attached hydrogens (tertiary/aromatic N) is 1. The van der Waals surface area contributed by atoms with Gasteiger partial charge in [-0.3, -0.25) is 4.79 Å². The summed E-state index contributed by atoms with van der Waals surface area (Å²) in [4.78, 5) is 14.0. The number of rotatable bonds is 4. The van der Waals surface area contributed by atoms with E-state index in [9.17, 15) is 18.0 Å². The fourth-order valence-electron chi connectivity index (χ4n) is 2.91. The van der Waals surface area contributed by atoms with Crippen molar-refractivity contribution in [3.05, 3.63) is 71.0 Å². The van der Waals surface area contributed by atoms with Gasteiger partial charge >= 0.3 is 0 Å². The van der Waals surface area contributed by atoms with Crippen molar-refractivity contribution in [3.8, 4) is 0 Å². The molecule has 0 spiro atoms. The zero-order valence-electron chi connectivity index (χ0n) is 13.6. The molecule has 2 aromatic rings. The number of piperidine rings is 1. The summed E-state index contributed by atoms with van der Waals surface area (Å²) in [6.07, 6.45) is 1.27. The van der Waals surface area contributed by atoms with E-state index >= 15 is 0 Å². The Bertz CT molecular complexity index is 766. The lowest BCUT2D eigenvalue weighted by Gasteiger charge is -2.32. The molecule has 1 amide bonds. The van der Waals surface area contributed by atoms with E-state index in [-0.39, 0.29) is 24.2 Å². The molecule has 132 valence electrons. The van der Waals surface area contributed by atoms with E-state index in [1.54, 1.807) is 11.0 Å². The van der Waals surface area contributed by atoms with Crippen molar-refractivity contribution in [3.63, 3.8) is 0 Å². The van der Waals surface area contributed by atoms with Crippen molar-refractivity contribution >= 4 is 5.91 Å². The maximum atomic E-state index is 13.8. The van der Waals surface area contributed by atoms with Gasteiger partial charge in [-0.1, -0.05) is 18.2 Å². The molecule has 1 saturated heterocycles. The van der Waals surface area contributed by atoms with E-state index < -0.39 is 17.5 Å². The number of hydrogen-bond acceptors (Lipinski definition) is 2. The number of likely N-dealkylation sites (tertiary alicyclic amines) is 1. The zero-order valence-corrected chi connectivity index (χ0v) is 13.6. The molecule has 25 heavy (non-hydrogen) atoms. The highest BCUT2D eigenvalue weighted by atomic mass is 19.2. The summed E-state index contributed by atoms with van der Waals surface area (Å²) in [7, 11) is 0. The third-order valence-electron chi connectivity index (χ3n) is 4.24. The van der Waals surface area contributed by atoms with Crippen molar-refractivity contribution in [1.82, 2.24) is 4.90 Å². The topological polar surface area (TPSA) is 29.5 Å². The highest BCUT2D eigenvalue weighted by Gasteiger charge is 2.26. The molecule has 3 rings (SSSR count). The average molecular weight is 349 g/mol. The molecule has 0 N–H and O–H groups in total. The van der Waals surface area contributed by atoms with E-state index in [1.165, 1.54) is 24.3 Å². The van der Waals surface area contributed by atoms with Crippen molar-refractivity contribution in [2.75, 3.05) is 13.1 Å². The minimum atomic E-state index is -0.916. The molecular weight excluding hydrogens is 331 g/mol. The molecule has 1 aliphatic heterocycles. The standard InChI is InChI=1S/C19H18F3NO2/c20-16-6-2-1-5-15(16)19(24)23-9-3-4-14(11-23)25-12-13-7-8-17(21)18(22)10-13/h1-2,5-8,10,14H,3-4,9,11-12H2. The summed E-state index contributed by atoms with van der Waals surface area (Å²) in [6.45, 7) is 1.01. The van der Waals surface area contributed by atoms with Gasteiger partial charge in [0.05, 0.1) is 18.3 Å². The Morgan fingerprint density at radius 2 is 1.88 bits per heavy atom. The SMILES string of the molecule is O=C(c1ccccc1F)N1CCCC(OCc2ccc(F)c(F)c2)C1. The van der Waals surface area contributed by atoms with E-state index in [4.69, 9.17) is 4.74 Å². The second kappa shape index (κ2) is 7.70. The fraction of sp³-hybridized carbons (Fsp3) is 0.316. The lowest BCUT2D eigenvalue weighted by molar-refractivity contribution is -0.00694. The maximum absolute atomic E-state index is 13.8. The zero-order chi connectivity index (χ0) is 17.8. The van der Waals surface area contributed by atoms with Gasteiger partial charge in [0.25, 0.3) is 5.91 Å². The van der Waals surface area contributed by atoms with Gasteiger partial charge in [-0.25, -0.2) is 13.2 Å². The maximum Gasteiger partial charge on any atom is 0.256 e. The van der Waals surface area contributed by atoms with E-state index in [0.717, 1.165) is 25.0 Å². The average Bonchev–Trinajstić information content (AvgIpc) is 2.63. The van der Waals surface area contributed by atoms with Gasteiger partial charge in [-0.15, -0.1) is 0 Å². The van der Waals surface area contributed by atoms with Gasteiger partial charge in [0, 0.05) is 13.1 Å². The summed E-state index contributed by atoms with van der Waals surface area (Å²) in [5.74, 6) is -2.72. The number of ether oxygens (including phenoxy) is 1. The molecule has 0 radical (unpaired) electrons. The number of hydrogen-bond donors (Lipinski definition) is 0. The van der Waals surface area contributed by atoms with E-state index in [1.807, 2.05) is 0 Å². The second-order valence-electron chi connectivity index (χ2n) is 6.05. The van der Waals surface area contributed by atoms with E-state index in [0.29, 0.717) is 18.7 Å². The Balaban J connectivity index is 1.60. The van der Waals surface area contributed by atoms with Crippen molar-refractivity contribution in [1.29, 1.82) is 0 Å². The van der Waals surface area contributed by atoms with Crippen LogP contribution in [0.5, 0.6) is 0 Å². The van der Waals surface area contributed by atoms with E-state index in [2.05, 4.69) is 0 Å². The Kier molecular flexibility index (Phi) is 5.38. The Labute approximate surface area is 144 Å². The Morgan fingerprint density at radius 1 is 1.08 bits per heavy atom. The van der Waals surface area contributed by atoms with Crippen LogP contribution in [0.2, 0.25) is 0 Å². The minimum absolute atomic E-state index is 0.0451. The summed E-state index contributed by atoms with van der Waals surface area (Å²) < 4.78 is 45.7. The first-order valence-corrected chi connectivity index (χ1v) is 8.14. The van der Waals surface area contributed by atoms with Gasteiger partial charge in [-0.2, -0.15) is 0 Å². The van der Waals surface area contributed by atoms with Crippen LogP contribution in [-0.2, 0) is 11.3 Å². The highest BCUT2D eigenvalue weighted by Crippen LogP contribution is 2.19. The minimum Gasteiger partial charge on any atom is -0.372 e. The van der Waals surface area contributed by atoms with Crippen LogP contribution in [-0.4, -0.2) is 30.0 Å². The molecule has 0 aliphatic carbocycles. The Hall–Kier alpha value is -2.34. The number of halogens is 3. The van der Waals surface area contributed by atoms with Crippen LogP contribution in [0.15, 0.2) is 42.5 Å². The summed E-state index contributed by atoms with van der Waals surface area (Å²) in [5.41, 5.74) is 0.570. The molecule has 3 nitrogen and oxygen atoms in total. The highest BCUT2D eigenvalue weighted by molar-refractivity contribution is 5.94. The van der Waals surface area contributed by atoms with Crippen molar-refractivity contribution < 1.29 is 22.7 Å². The van der Waals surface area contributed by atoms with Crippen LogP contribution in [0, 0.1) is 17.5 Å². The molecule has 1 unspecified atom stereocenters. The predicted octanol–water partition coefficient (Wildman–Crippen LogP) is 3.93. The third-order valence-corrected chi connectivity index (χ3v) is 4.24. The fourth-order valence-corrected chi connectivity index (χ4v) is 2.91. The van der Waals surface area contributed by atoms with Gasteiger partial charge < -0.3 is 9.64 Å². The second-order valence-corrected chi connectivity index (χ2v) is 6.05. The van der Waals surface area contributed by atoms with Gasteiger partial charge in [0.2, 0.25) is 0 Å². The lowest BCUT2D eigenvalue weighted by atomic mass is 10.1. The number of benzene rings is 2. The molecule has 1 atom stereocenters. The van der Waals surface area contributed by atoms with Crippen LogP contribution in [0.3, 0.4) is 0 Å². The first kappa shape index (κ1) is 17.5. The van der Waals surface area contributed by atoms with Crippen molar-refractivity contribution in [2.24, 2.45) is 0 Å². The van der Waals surface area contributed by atoms with Crippen LogP contribution in [0.1, 0.15) is 28.8 Å². The number of amides is 1. The van der Waals surface area contributed by atoms with Gasteiger partial charge in [0.15, 0.2) is 11.6 Å². The summed E-state index contributed by atoms with van der Waals surface area (Å²) in [5, 5.41) is 0. The molecule has 1 fully saturated rings. The first-order valence-electron chi connectivity index (χ1n) is 8.14. The molecular formula is C19H18F3NO2. The molecule has 0 saturated carbocycles. The molecule has 2 aromatic carbocycles. The predicted molar refractivity (Wildman–Crippen MR) is 86.5 cm³/mol. The molecule has 1 heterocycles. The smallest absolute Gasteiger partial charge is 0.256 e. The van der Waals surface area contributed by atoms with Crippen LogP contribution >= 0.6 is 0 Å². The summed E-state index contributed by atoms with van der Waals surface area (Å²) >= 11 is 0. The van der Waals surface area contributed by atoms with Gasteiger partial charge in [0.1, 0.15) is 5.82 Å². The van der Waals surface area contributed by atoms with Crippen LogP contribution in [0.4, 0.5) is 13.2 Å². The third kappa shape index (κ3) is 4.20. The number of carbonyl (C=O) groups excluding carboxylic acids is 1. The normalized spacial score (nSPS) is 17.6. The molecule has 0 bridgehead atoms. The molecule has 1 aliphatic rings. The largest absolute Gasteiger partial charge is 0.372 e. The first-order chi connectivity index (χ1) is 12.0. The lowest BCUT2D eigenvalue weighted by Crippen LogP contribution is -2.43. The number of carbonyl (C=O) groups is 1. The Morgan fingerprint density at radius 3 is 2.64 bits per heavy atom. The van der Waals surface area contributed by atoms with Gasteiger partial charge in [-0.05, 0) is 42.7 Å². The molecule has 6 heteroatoms. The monoisotopic (exact) mass is 349 g/mol.